The number of aromatic nitrogens is 3. The van der Waals surface area contributed by atoms with E-state index in [1.807, 2.05) is 49.6 Å². The SMILES string of the molecule is CC(C)=CCOc1ccccc1C1CC(c2csc(C3CCNC(n4nc(C(F)F)cc4C(F)F)C3)n2)=NO1. The second-order valence-electron chi connectivity index (χ2n) is 9.77. The second-order valence-corrected chi connectivity index (χ2v) is 10.7. The largest absolute Gasteiger partial charge is 0.489 e. The Morgan fingerprint density at radius 2 is 2.05 bits per heavy atom. The Balaban J connectivity index is 1.26. The summed E-state index contributed by atoms with van der Waals surface area (Å²) in [5.41, 5.74) is 2.35. The molecule has 3 aromatic rings. The number of nitrogens with one attached hydrogen (secondary N) is 1. The van der Waals surface area contributed by atoms with Crippen LogP contribution in [0.1, 0.15) is 91.8 Å². The highest BCUT2D eigenvalue weighted by Crippen LogP contribution is 2.38. The summed E-state index contributed by atoms with van der Waals surface area (Å²) >= 11 is 1.47. The minimum atomic E-state index is -2.92. The predicted octanol–water partition coefficient (Wildman–Crippen LogP) is 7.09. The molecule has 0 bridgehead atoms. The van der Waals surface area contributed by atoms with Crippen molar-refractivity contribution in [3.8, 4) is 5.75 Å². The molecule has 0 spiro atoms. The molecule has 4 heterocycles. The van der Waals surface area contributed by atoms with Gasteiger partial charge in [-0.05, 0) is 51.4 Å². The van der Waals surface area contributed by atoms with E-state index in [1.54, 1.807) is 0 Å². The summed E-state index contributed by atoms with van der Waals surface area (Å²) in [6.45, 7) is 5.02. The summed E-state index contributed by atoms with van der Waals surface area (Å²) in [6, 6.07) is 8.50. The van der Waals surface area contributed by atoms with Crippen molar-refractivity contribution in [2.24, 2.45) is 5.16 Å². The van der Waals surface area contributed by atoms with Gasteiger partial charge in [0.05, 0.1) is 10.7 Å². The smallest absolute Gasteiger partial charge is 0.282 e. The molecule has 12 heteroatoms. The number of oxime groups is 1. The monoisotopic (exact) mass is 563 g/mol. The lowest BCUT2D eigenvalue weighted by molar-refractivity contribution is 0.0833. The Labute approximate surface area is 227 Å². The zero-order chi connectivity index (χ0) is 27.5. The number of hydrogen-bond acceptors (Lipinski definition) is 7. The van der Waals surface area contributed by atoms with Crippen molar-refractivity contribution < 1.29 is 27.1 Å². The fourth-order valence-electron chi connectivity index (χ4n) is 4.73. The fraction of sp³-hybridized carbons (Fsp3) is 0.444. The molecule has 0 amide bonds. The van der Waals surface area contributed by atoms with Gasteiger partial charge in [-0.15, -0.1) is 11.3 Å². The fourth-order valence-corrected chi connectivity index (χ4v) is 5.71. The number of para-hydroxylation sites is 1. The standard InChI is InChI=1S/C27H29F4N5O2S/c1-15(2)8-10-37-22-6-4-3-5-17(22)23-13-18(35-38-23)20-14-39-27(33-20)16-7-9-32-24(11-16)36-21(26(30)31)12-19(34-36)25(28)29/h3-6,8,12,14,16,23-26,32H,7,9-11,13H2,1-2H3. The molecule has 2 aliphatic heterocycles. The highest BCUT2D eigenvalue weighted by atomic mass is 32.1. The maximum Gasteiger partial charge on any atom is 0.282 e. The minimum Gasteiger partial charge on any atom is -0.489 e. The topological polar surface area (TPSA) is 73.6 Å². The summed E-state index contributed by atoms with van der Waals surface area (Å²) in [7, 11) is 0. The number of alkyl halides is 4. The number of nitrogens with zero attached hydrogens (tertiary/aromatic N) is 4. The Bertz CT molecular complexity index is 1350. The molecule has 2 aliphatic rings. The van der Waals surface area contributed by atoms with Crippen LogP contribution in [-0.2, 0) is 4.84 Å². The predicted molar refractivity (Wildman–Crippen MR) is 140 cm³/mol. The van der Waals surface area contributed by atoms with Crippen LogP contribution in [-0.4, -0.2) is 33.6 Å². The lowest BCUT2D eigenvalue weighted by Crippen LogP contribution is -2.36. The van der Waals surface area contributed by atoms with Gasteiger partial charge in [-0.25, -0.2) is 27.2 Å². The molecular formula is C27H29F4N5O2S. The van der Waals surface area contributed by atoms with Crippen molar-refractivity contribution in [1.29, 1.82) is 0 Å². The van der Waals surface area contributed by atoms with Crippen LogP contribution in [0, 0.1) is 0 Å². The third kappa shape index (κ3) is 6.17. The highest BCUT2D eigenvalue weighted by Gasteiger charge is 2.32. The van der Waals surface area contributed by atoms with Gasteiger partial charge in [0.15, 0.2) is 6.10 Å². The van der Waals surface area contributed by atoms with Crippen LogP contribution in [0.25, 0.3) is 0 Å². The lowest BCUT2D eigenvalue weighted by Gasteiger charge is -2.30. The van der Waals surface area contributed by atoms with Gasteiger partial charge in [-0.3, -0.25) is 5.32 Å². The van der Waals surface area contributed by atoms with Crippen molar-refractivity contribution in [3.63, 3.8) is 0 Å². The highest BCUT2D eigenvalue weighted by molar-refractivity contribution is 7.10. The lowest BCUT2D eigenvalue weighted by atomic mass is 9.96. The van der Waals surface area contributed by atoms with Gasteiger partial charge >= 0.3 is 0 Å². The molecular weight excluding hydrogens is 534 g/mol. The van der Waals surface area contributed by atoms with E-state index in [0.717, 1.165) is 39.2 Å². The van der Waals surface area contributed by atoms with E-state index in [2.05, 4.69) is 15.6 Å². The first-order chi connectivity index (χ1) is 18.8. The van der Waals surface area contributed by atoms with Gasteiger partial charge in [-0.2, -0.15) is 5.10 Å². The van der Waals surface area contributed by atoms with Crippen LogP contribution in [0.15, 0.2) is 52.5 Å². The normalized spacial score (nSPS) is 21.2. The van der Waals surface area contributed by atoms with Crippen molar-refractivity contribution >= 4 is 17.0 Å². The summed E-state index contributed by atoms with van der Waals surface area (Å²) in [5.74, 6) is 0.704. The van der Waals surface area contributed by atoms with E-state index in [-0.39, 0.29) is 12.0 Å². The number of halogens is 4. The minimum absolute atomic E-state index is 0.0392. The quantitative estimate of drug-likeness (QED) is 0.222. The molecule has 1 fully saturated rings. The summed E-state index contributed by atoms with van der Waals surface area (Å²) in [5, 5.41) is 14.0. The van der Waals surface area contributed by atoms with Gasteiger partial charge in [0.25, 0.3) is 12.9 Å². The molecule has 3 unspecified atom stereocenters. The number of thiazole rings is 1. The average molecular weight is 564 g/mol. The molecule has 0 radical (unpaired) electrons. The van der Waals surface area contributed by atoms with Gasteiger partial charge in [0.1, 0.15) is 35.6 Å². The summed E-state index contributed by atoms with van der Waals surface area (Å²) in [4.78, 5) is 10.6. The van der Waals surface area contributed by atoms with Crippen LogP contribution in [0.4, 0.5) is 17.6 Å². The Kier molecular flexibility index (Phi) is 8.31. The third-order valence-corrected chi connectivity index (χ3v) is 7.75. The number of benzene rings is 1. The van der Waals surface area contributed by atoms with E-state index in [1.165, 1.54) is 16.9 Å². The molecule has 1 N–H and O–H groups in total. The first-order valence-electron chi connectivity index (χ1n) is 12.7. The van der Waals surface area contributed by atoms with Gasteiger partial charge < -0.3 is 9.57 Å². The molecule has 39 heavy (non-hydrogen) atoms. The number of rotatable bonds is 9. The zero-order valence-electron chi connectivity index (χ0n) is 21.5. The molecule has 1 aromatic carbocycles. The maximum atomic E-state index is 13.5. The Morgan fingerprint density at radius 3 is 2.82 bits per heavy atom. The summed E-state index contributed by atoms with van der Waals surface area (Å²) in [6.07, 6.45) is -3.08. The first-order valence-corrected chi connectivity index (χ1v) is 13.6. The second kappa shape index (κ2) is 11.9. The molecule has 208 valence electrons. The number of ether oxygens (including phenoxy) is 1. The van der Waals surface area contributed by atoms with Gasteiger partial charge in [0, 0.05) is 23.3 Å². The molecule has 1 saturated heterocycles. The van der Waals surface area contributed by atoms with Crippen LogP contribution in [0.3, 0.4) is 0 Å². The van der Waals surface area contributed by atoms with Crippen molar-refractivity contribution in [3.05, 3.63) is 75.0 Å². The van der Waals surface area contributed by atoms with Crippen LogP contribution in [0.2, 0.25) is 0 Å². The van der Waals surface area contributed by atoms with Crippen molar-refractivity contribution in [2.75, 3.05) is 13.2 Å². The number of allylic oxidation sites excluding steroid dienone is 1. The van der Waals surface area contributed by atoms with E-state index in [0.29, 0.717) is 31.7 Å². The Hall–Kier alpha value is -3.25. The van der Waals surface area contributed by atoms with E-state index in [9.17, 15) is 17.6 Å². The Morgan fingerprint density at radius 1 is 1.23 bits per heavy atom. The number of hydrogen-bond donors (Lipinski definition) is 1. The molecule has 5 rings (SSSR count). The third-order valence-electron chi connectivity index (χ3n) is 6.74. The van der Waals surface area contributed by atoms with Crippen molar-refractivity contribution in [2.45, 2.75) is 64.1 Å². The van der Waals surface area contributed by atoms with E-state index < -0.39 is 30.4 Å². The molecule has 0 aliphatic carbocycles. The molecule has 2 aromatic heterocycles. The number of piperidine rings is 1. The average Bonchev–Trinajstić information content (AvgIpc) is 3.68. The van der Waals surface area contributed by atoms with E-state index >= 15 is 0 Å². The molecule has 7 nitrogen and oxygen atoms in total. The zero-order valence-corrected chi connectivity index (χ0v) is 22.3. The maximum absolute atomic E-state index is 13.5. The van der Waals surface area contributed by atoms with E-state index in [4.69, 9.17) is 14.6 Å². The van der Waals surface area contributed by atoms with Gasteiger partial charge in [-0.1, -0.05) is 28.9 Å². The van der Waals surface area contributed by atoms with Crippen LogP contribution < -0.4 is 10.1 Å². The summed E-state index contributed by atoms with van der Waals surface area (Å²) < 4.78 is 60.3. The van der Waals surface area contributed by atoms with Crippen LogP contribution >= 0.6 is 11.3 Å². The van der Waals surface area contributed by atoms with Crippen molar-refractivity contribution in [1.82, 2.24) is 20.1 Å². The molecule has 0 saturated carbocycles. The van der Waals surface area contributed by atoms with Crippen LogP contribution in [0.5, 0.6) is 5.75 Å². The van der Waals surface area contributed by atoms with Gasteiger partial charge in [0.2, 0.25) is 0 Å². The molecule has 3 atom stereocenters. The first kappa shape index (κ1) is 27.3.